The molecule has 1 heterocycles. The highest BCUT2D eigenvalue weighted by atomic mass is 79.9. The molecule has 0 radical (unpaired) electrons. The molecule has 2 rings (SSSR count). The fourth-order valence-corrected chi connectivity index (χ4v) is 2.32. The fourth-order valence-electron chi connectivity index (χ4n) is 1.73. The predicted octanol–water partition coefficient (Wildman–Crippen LogP) is 3.90. The Morgan fingerprint density at radius 3 is 2.83 bits per heavy atom. The van der Waals surface area contributed by atoms with Gasteiger partial charge in [0, 0.05) is 6.54 Å². The molecule has 1 aromatic heterocycles. The van der Waals surface area contributed by atoms with Crippen molar-refractivity contribution in [2.24, 2.45) is 0 Å². The number of hydrogen-bond donors (Lipinski definition) is 1. The van der Waals surface area contributed by atoms with Crippen molar-refractivity contribution >= 4 is 15.9 Å². The number of halogens is 1. The van der Waals surface area contributed by atoms with Crippen molar-refractivity contribution < 1.29 is 9.15 Å². The van der Waals surface area contributed by atoms with Crippen molar-refractivity contribution in [1.29, 1.82) is 0 Å². The lowest BCUT2D eigenvalue weighted by Crippen LogP contribution is -2.17. The Bertz CT molecular complexity index is 497. The molecule has 18 heavy (non-hydrogen) atoms. The van der Waals surface area contributed by atoms with E-state index in [0.717, 1.165) is 22.5 Å². The lowest BCUT2D eigenvalue weighted by molar-refractivity contribution is 0.411. The van der Waals surface area contributed by atoms with Gasteiger partial charge in [-0.05, 0) is 52.7 Å². The van der Waals surface area contributed by atoms with Gasteiger partial charge in [-0.2, -0.15) is 0 Å². The first kappa shape index (κ1) is 13.2. The Hall–Kier alpha value is -1.26. The van der Waals surface area contributed by atoms with E-state index in [2.05, 4.69) is 34.2 Å². The number of rotatable bonds is 5. The Kier molecular flexibility index (Phi) is 4.44. The van der Waals surface area contributed by atoms with Crippen LogP contribution in [0.4, 0.5) is 0 Å². The monoisotopic (exact) mass is 309 g/mol. The van der Waals surface area contributed by atoms with Gasteiger partial charge in [-0.25, -0.2) is 0 Å². The molecular weight excluding hydrogens is 294 g/mol. The van der Waals surface area contributed by atoms with Gasteiger partial charge < -0.3 is 14.5 Å². The molecule has 1 N–H and O–H groups in total. The van der Waals surface area contributed by atoms with Gasteiger partial charge in [0.15, 0.2) is 0 Å². The summed E-state index contributed by atoms with van der Waals surface area (Å²) in [5, 5.41) is 3.41. The predicted molar refractivity (Wildman–Crippen MR) is 74.7 cm³/mol. The summed E-state index contributed by atoms with van der Waals surface area (Å²) in [6.45, 7) is 2.86. The van der Waals surface area contributed by atoms with Gasteiger partial charge in [0.2, 0.25) is 0 Å². The van der Waals surface area contributed by atoms with E-state index in [9.17, 15) is 0 Å². The van der Waals surface area contributed by atoms with E-state index in [0.29, 0.717) is 0 Å². The summed E-state index contributed by atoms with van der Waals surface area (Å²) in [5.41, 5.74) is 1.20. The smallest absolute Gasteiger partial charge is 0.133 e. The maximum absolute atomic E-state index is 5.35. The summed E-state index contributed by atoms with van der Waals surface area (Å²) in [5.74, 6) is 1.79. The van der Waals surface area contributed by atoms with Gasteiger partial charge in [-0.15, -0.1) is 0 Å². The van der Waals surface area contributed by atoms with Crippen LogP contribution in [-0.4, -0.2) is 7.11 Å². The molecule has 1 aromatic carbocycles. The molecule has 96 valence electrons. The highest BCUT2D eigenvalue weighted by Gasteiger charge is 2.08. The molecule has 0 aliphatic carbocycles. The summed E-state index contributed by atoms with van der Waals surface area (Å²) >= 11 is 3.48. The third kappa shape index (κ3) is 3.15. The van der Waals surface area contributed by atoms with Crippen molar-refractivity contribution in [3.05, 3.63) is 52.4 Å². The number of benzene rings is 1. The second kappa shape index (κ2) is 6.07. The number of furan rings is 1. The van der Waals surface area contributed by atoms with E-state index in [1.165, 1.54) is 5.56 Å². The zero-order valence-electron chi connectivity index (χ0n) is 10.4. The summed E-state index contributed by atoms with van der Waals surface area (Å²) in [6, 6.07) is 10.1. The second-order valence-electron chi connectivity index (χ2n) is 4.09. The summed E-state index contributed by atoms with van der Waals surface area (Å²) < 4.78 is 11.5. The SMILES string of the molecule is COc1ccc(CN[C@@H](C)c2ccco2)cc1Br. The topological polar surface area (TPSA) is 34.4 Å². The quantitative estimate of drug-likeness (QED) is 0.909. The minimum Gasteiger partial charge on any atom is -0.496 e. The van der Waals surface area contributed by atoms with Crippen molar-refractivity contribution in [2.75, 3.05) is 7.11 Å². The maximum Gasteiger partial charge on any atom is 0.133 e. The van der Waals surface area contributed by atoms with Gasteiger partial charge in [-0.1, -0.05) is 6.07 Å². The van der Waals surface area contributed by atoms with E-state index < -0.39 is 0 Å². The van der Waals surface area contributed by atoms with Crippen LogP contribution in [0.15, 0.2) is 45.5 Å². The number of methoxy groups -OCH3 is 1. The Balaban J connectivity index is 1.96. The molecule has 0 aliphatic rings. The molecule has 0 saturated carbocycles. The molecule has 0 spiro atoms. The Morgan fingerprint density at radius 2 is 2.22 bits per heavy atom. The minimum absolute atomic E-state index is 0.195. The van der Waals surface area contributed by atoms with Crippen LogP contribution in [0.5, 0.6) is 5.75 Å². The van der Waals surface area contributed by atoms with Crippen LogP contribution < -0.4 is 10.1 Å². The zero-order chi connectivity index (χ0) is 13.0. The van der Waals surface area contributed by atoms with Gasteiger partial charge >= 0.3 is 0 Å². The lowest BCUT2D eigenvalue weighted by Gasteiger charge is -2.12. The molecule has 2 aromatic rings. The molecular formula is C14H16BrNO2. The van der Waals surface area contributed by atoms with Crippen LogP contribution in [0.2, 0.25) is 0 Å². The molecule has 0 fully saturated rings. The summed E-state index contributed by atoms with van der Waals surface area (Å²) in [4.78, 5) is 0. The van der Waals surface area contributed by atoms with Gasteiger partial charge in [-0.3, -0.25) is 0 Å². The molecule has 0 saturated heterocycles. The van der Waals surface area contributed by atoms with E-state index in [1.54, 1.807) is 13.4 Å². The molecule has 0 amide bonds. The van der Waals surface area contributed by atoms with E-state index in [1.807, 2.05) is 24.3 Å². The van der Waals surface area contributed by atoms with E-state index in [4.69, 9.17) is 9.15 Å². The first-order valence-electron chi connectivity index (χ1n) is 5.80. The van der Waals surface area contributed by atoms with Crippen molar-refractivity contribution in [3.63, 3.8) is 0 Å². The summed E-state index contributed by atoms with van der Waals surface area (Å²) in [7, 11) is 1.66. The standard InChI is InChI=1S/C14H16BrNO2/c1-10(13-4-3-7-18-13)16-9-11-5-6-14(17-2)12(15)8-11/h3-8,10,16H,9H2,1-2H3/t10-/m0/s1. The van der Waals surface area contributed by atoms with Crippen molar-refractivity contribution in [2.45, 2.75) is 19.5 Å². The molecule has 4 heteroatoms. The molecule has 0 bridgehead atoms. The normalized spacial score (nSPS) is 12.4. The van der Waals surface area contributed by atoms with Gasteiger partial charge in [0.1, 0.15) is 11.5 Å². The highest BCUT2D eigenvalue weighted by Crippen LogP contribution is 2.25. The molecule has 0 unspecified atom stereocenters. The third-order valence-corrected chi connectivity index (χ3v) is 3.42. The molecule has 1 atom stereocenters. The first-order chi connectivity index (χ1) is 8.70. The van der Waals surface area contributed by atoms with Crippen LogP contribution >= 0.6 is 15.9 Å². The first-order valence-corrected chi connectivity index (χ1v) is 6.59. The average molecular weight is 310 g/mol. The third-order valence-electron chi connectivity index (χ3n) is 2.80. The van der Waals surface area contributed by atoms with Crippen molar-refractivity contribution in [3.8, 4) is 5.75 Å². The van der Waals surface area contributed by atoms with Gasteiger partial charge in [0.05, 0.1) is 23.9 Å². The zero-order valence-corrected chi connectivity index (χ0v) is 12.0. The highest BCUT2D eigenvalue weighted by molar-refractivity contribution is 9.10. The van der Waals surface area contributed by atoms with Crippen LogP contribution in [0.1, 0.15) is 24.3 Å². The maximum atomic E-state index is 5.35. The number of hydrogen-bond acceptors (Lipinski definition) is 3. The average Bonchev–Trinajstić information content (AvgIpc) is 2.90. The molecule has 0 aliphatic heterocycles. The van der Waals surface area contributed by atoms with Crippen LogP contribution in [0.3, 0.4) is 0 Å². The molecule has 3 nitrogen and oxygen atoms in total. The Morgan fingerprint density at radius 1 is 1.39 bits per heavy atom. The van der Waals surface area contributed by atoms with Gasteiger partial charge in [0.25, 0.3) is 0 Å². The van der Waals surface area contributed by atoms with E-state index in [-0.39, 0.29) is 6.04 Å². The van der Waals surface area contributed by atoms with Crippen LogP contribution in [0.25, 0.3) is 0 Å². The lowest BCUT2D eigenvalue weighted by atomic mass is 10.2. The van der Waals surface area contributed by atoms with E-state index >= 15 is 0 Å². The van der Waals surface area contributed by atoms with Crippen LogP contribution in [-0.2, 0) is 6.54 Å². The van der Waals surface area contributed by atoms with Crippen molar-refractivity contribution in [1.82, 2.24) is 5.32 Å². The Labute approximate surface area is 115 Å². The summed E-state index contributed by atoms with van der Waals surface area (Å²) in [6.07, 6.45) is 1.69. The van der Waals surface area contributed by atoms with Crippen LogP contribution in [0, 0.1) is 0 Å². The fraction of sp³-hybridized carbons (Fsp3) is 0.286. The number of nitrogens with one attached hydrogen (secondary N) is 1. The largest absolute Gasteiger partial charge is 0.496 e. The minimum atomic E-state index is 0.195. The number of ether oxygens (including phenoxy) is 1. The second-order valence-corrected chi connectivity index (χ2v) is 4.94.